The fourth-order valence-electron chi connectivity index (χ4n) is 4.49. The minimum absolute atomic E-state index is 0.0466. The van der Waals surface area contributed by atoms with Crippen molar-refractivity contribution in [1.82, 2.24) is 14.9 Å². The summed E-state index contributed by atoms with van der Waals surface area (Å²) in [5.41, 5.74) is -0.0460. The Morgan fingerprint density at radius 1 is 1.26 bits per heavy atom. The van der Waals surface area contributed by atoms with Gasteiger partial charge in [-0.2, -0.15) is 4.98 Å². The monoisotopic (exact) mass is 504 g/mol. The number of aromatic nitrogens is 2. The number of piperidine rings is 1. The van der Waals surface area contributed by atoms with E-state index >= 15 is 0 Å². The summed E-state index contributed by atoms with van der Waals surface area (Å²) in [4.78, 5) is 23.8. The van der Waals surface area contributed by atoms with Crippen molar-refractivity contribution in [2.24, 2.45) is 11.8 Å². The Kier molecular flexibility index (Phi) is 6.63. The number of nitrogens with one attached hydrogen (secondary N) is 1. The quantitative estimate of drug-likeness (QED) is 0.559. The number of nitrogens with zero attached hydrogens (tertiary/aromatic N) is 3. The fourth-order valence-corrected chi connectivity index (χ4v) is 4.91. The average Bonchev–Trinajstić information content (AvgIpc) is 3.56. The number of methoxy groups -OCH3 is 1. The SMILES string of the molecule is COc1c(Nc2ccc(SC)cc2F)ncnc1OC1C2COCC1CN(C(=O)OC1(C)CC1)C2. The molecule has 2 atom stereocenters. The Balaban J connectivity index is 1.32. The van der Waals surface area contributed by atoms with Crippen molar-refractivity contribution in [3.8, 4) is 11.6 Å². The molecular weight excluding hydrogens is 475 g/mol. The summed E-state index contributed by atoms with van der Waals surface area (Å²) < 4.78 is 37.9. The predicted octanol–water partition coefficient (Wildman–Crippen LogP) is 4.10. The number of hydrogen-bond acceptors (Lipinski definition) is 9. The summed E-state index contributed by atoms with van der Waals surface area (Å²) in [5.74, 6) is 0.349. The van der Waals surface area contributed by atoms with Crippen LogP contribution >= 0.6 is 11.8 Å². The van der Waals surface area contributed by atoms with Crippen LogP contribution in [0.25, 0.3) is 0 Å². The largest absolute Gasteiger partial charge is 0.489 e. The maximum atomic E-state index is 14.5. The van der Waals surface area contributed by atoms with Crippen molar-refractivity contribution in [3.05, 3.63) is 30.3 Å². The minimum atomic E-state index is -0.397. The highest BCUT2D eigenvalue weighted by molar-refractivity contribution is 7.98. The molecule has 3 aliphatic rings. The molecule has 1 amide bonds. The molecular formula is C24H29FN4O5S. The van der Waals surface area contributed by atoms with Gasteiger partial charge < -0.3 is 29.2 Å². The number of carbonyl (C=O) groups is 1. The molecule has 3 fully saturated rings. The van der Waals surface area contributed by atoms with Crippen molar-refractivity contribution in [2.75, 3.05) is 45.0 Å². The molecule has 9 nitrogen and oxygen atoms in total. The zero-order chi connectivity index (χ0) is 24.6. The molecule has 188 valence electrons. The van der Waals surface area contributed by atoms with Crippen LogP contribution in [-0.2, 0) is 9.47 Å². The summed E-state index contributed by atoms with van der Waals surface area (Å²) in [6.45, 7) is 3.84. The lowest BCUT2D eigenvalue weighted by Crippen LogP contribution is -2.59. The van der Waals surface area contributed by atoms with E-state index in [9.17, 15) is 9.18 Å². The Morgan fingerprint density at radius 3 is 2.63 bits per heavy atom. The number of anilines is 2. The summed E-state index contributed by atoms with van der Waals surface area (Å²) in [5, 5.41) is 2.99. The summed E-state index contributed by atoms with van der Waals surface area (Å²) in [6, 6.07) is 4.94. The van der Waals surface area contributed by atoms with Gasteiger partial charge in [-0.3, -0.25) is 0 Å². The first-order valence-electron chi connectivity index (χ1n) is 11.6. The van der Waals surface area contributed by atoms with E-state index in [4.69, 9.17) is 18.9 Å². The van der Waals surface area contributed by atoms with Crippen molar-refractivity contribution >= 4 is 29.4 Å². The second-order valence-electron chi connectivity index (χ2n) is 9.39. The molecule has 2 saturated heterocycles. The predicted molar refractivity (Wildman–Crippen MR) is 128 cm³/mol. The Labute approximate surface area is 207 Å². The molecule has 2 unspecified atom stereocenters. The van der Waals surface area contributed by atoms with Crippen molar-refractivity contribution in [3.63, 3.8) is 0 Å². The van der Waals surface area contributed by atoms with E-state index in [-0.39, 0.29) is 47.0 Å². The lowest BCUT2D eigenvalue weighted by Gasteiger charge is -2.46. The highest BCUT2D eigenvalue weighted by Crippen LogP contribution is 2.41. The van der Waals surface area contributed by atoms with Gasteiger partial charge in [-0.15, -0.1) is 11.8 Å². The Morgan fingerprint density at radius 2 is 2.00 bits per heavy atom. The average molecular weight is 505 g/mol. The number of carbonyl (C=O) groups excluding carboxylic acids is 1. The number of thioether (sulfide) groups is 1. The molecule has 5 rings (SSSR count). The van der Waals surface area contributed by atoms with Gasteiger partial charge in [0.1, 0.15) is 23.8 Å². The molecule has 2 aliphatic heterocycles. The van der Waals surface area contributed by atoms with Crippen LogP contribution < -0.4 is 14.8 Å². The maximum Gasteiger partial charge on any atom is 0.410 e. The van der Waals surface area contributed by atoms with Crippen molar-refractivity contribution in [2.45, 2.75) is 36.4 Å². The van der Waals surface area contributed by atoms with Gasteiger partial charge in [-0.05, 0) is 44.2 Å². The number of likely N-dealkylation sites (tertiary alicyclic amines) is 1. The standard InChI is InChI=1S/C24H29FN4O5S/c1-24(6-7-24)34-23(30)29-9-14-11-32-12-15(10-29)19(14)33-22-20(31-2)21(26-13-27-22)28-18-5-4-16(35-3)8-17(18)25/h4-5,8,13-15,19H,6-7,9-12H2,1-3H3,(H,26,27,28). The second kappa shape index (κ2) is 9.69. The Bertz CT molecular complexity index is 1090. The zero-order valence-corrected chi connectivity index (χ0v) is 20.8. The normalized spacial score (nSPS) is 24.5. The number of halogens is 1. The van der Waals surface area contributed by atoms with Crippen molar-refractivity contribution < 1.29 is 28.1 Å². The van der Waals surface area contributed by atoms with Crippen LogP contribution in [0.4, 0.5) is 20.7 Å². The van der Waals surface area contributed by atoms with E-state index in [1.54, 1.807) is 11.0 Å². The maximum absolute atomic E-state index is 14.5. The van der Waals surface area contributed by atoms with Gasteiger partial charge in [-0.25, -0.2) is 14.2 Å². The molecule has 11 heteroatoms. The van der Waals surface area contributed by atoms with Gasteiger partial charge >= 0.3 is 6.09 Å². The van der Waals surface area contributed by atoms with Crippen LogP contribution in [-0.4, -0.2) is 72.3 Å². The number of benzene rings is 1. The first-order valence-corrected chi connectivity index (χ1v) is 12.8. The molecule has 3 heterocycles. The highest BCUT2D eigenvalue weighted by atomic mass is 32.2. The van der Waals surface area contributed by atoms with Crippen LogP contribution in [0.5, 0.6) is 11.6 Å². The second-order valence-corrected chi connectivity index (χ2v) is 10.3. The lowest BCUT2D eigenvalue weighted by molar-refractivity contribution is -0.112. The number of amides is 1. The van der Waals surface area contributed by atoms with Gasteiger partial charge in [0.15, 0.2) is 5.82 Å². The zero-order valence-electron chi connectivity index (χ0n) is 20.0. The molecule has 35 heavy (non-hydrogen) atoms. The minimum Gasteiger partial charge on any atom is -0.489 e. The van der Waals surface area contributed by atoms with E-state index in [2.05, 4.69) is 15.3 Å². The molecule has 2 bridgehead atoms. The number of ether oxygens (including phenoxy) is 4. The smallest absolute Gasteiger partial charge is 0.410 e. The third-order valence-electron chi connectivity index (χ3n) is 6.70. The van der Waals surface area contributed by atoms with Crippen LogP contribution in [0.15, 0.2) is 29.4 Å². The molecule has 0 spiro atoms. The van der Waals surface area contributed by atoms with Crippen LogP contribution in [0.3, 0.4) is 0 Å². The van der Waals surface area contributed by atoms with Gasteiger partial charge in [-0.1, -0.05) is 0 Å². The van der Waals surface area contributed by atoms with E-state index in [0.29, 0.717) is 32.1 Å². The molecule has 2 aromatic rings. The van der Waals surface area contributed by atoms with Crippen molar-refractivity contribution in [1.29, 1.82) is 0 Å². The van der Waals surface area contributed by atoms with E-state index in [1.807, 2.05) is 19.2 Å². The molecule has 0 radical (unpaired) electrons. The fraction of sp³-hybridized carbons (Fsp3) is 0.542. The number of rotatable bonds is 7. The highest BCUT2D eigenvalue weighted by Gasteiger charge is 2.47. The van der Waals surface area contributed by atoms with E-state index in [0.717, 1.165) is 17.7 Å². The number of hydrogen-bond donors (Lipinski definition) is 1. The molecule has 1 aliphatic carbocycles. The summed E-state index contributed by atoms with van der Waals surface area (Å²) in [7, 11) is 1.49. The van der Waals surface area contributed by atoms with Gasteiger partial charge in [0.2, 0.25) is 5.75 Å². The molecule has 1 aromatic carbocycles. The number of fused-ring (bicyclic) bond motifs is 2. The van der Waals surface area contributed by atoms with Crippen LogP contribution in [0.2, 0.25) is 0 Å². The van der Waals surface area contributed by atoms with Gasteiger partial charge in [0.05, 0.1) is 26.0 Å². The third-order valence-corrected chi connectivity index (χ3v) is 7.43. The summed E-state index contributed by atoms with van der Waals surface area (Å²) >= 11 is 1.46. The summed E-state index contributed by atoms with van der Waals surface area (Å²) in [6.07, 6.45) is 4.55. The van der Waals surface area contributed by atoms with E-state index < -0.39 is 5.82 Å². The topological polar surface area (TPSA) is 95.0 Å². The molecule has 1 saturated carbocycles. The van der Waals surface area contributed by atoms with Crippen LogP contribution in [0.1, 0.15) is 19.8 Å². The first-order chi connectivity index (χ1) is 16.9. The molecule has 1 aromatic heterocycles. The van der Waals surface area contributed by atoms with Gasteiger partial charge in [0, 0.05) is 29.8 Å². The lowest BCUT2D eigenvalue weighted by atomic mass is 9.84. The molecule has 1 N–H and O–H groups in total. The Hall–Kier alpha value is -2.79. The first kappa shape index (κ1) is 23.9. The van der Waals surface area contributed by atoms with Gasteiger partial charge in [0.25, 0.3) is 5.88 Å². The van der Waals surface area contributed by atoms with E-state index in [1.165, 1.54) is 31.3 Å². The third kappa shape index (κ3) is 5.11. The van der Waals surface area contributed by atoms with Crippen LogP contribution in [0, 0.1) is 17.7 Å².